The molecule has 0 aromatic heterocycles. The van der Waals surface area contributed by atoms with E-state index in [9.17, 15) is 9.59 Å². The van der Waals surface area contributed by atoms with E-state index in [0.717, 1.165) is 16.7 Å². The van der Waals surface area contributed by atoms with Crippen molar-refractivity contribution in [1.29, 1.82) is 0 Å². The molecule has 5 rings (SSSR count). The Hall–Kier alpha value is -4.00. The molecule has 0 bridgehead atoms. The number of carbonyl (C=O) groups excluding carboxylic acids is 2. The third kappa shape index (κ3) is 4.15. The molecule has 3 aromatic rings. The number of hydrogen-bond donors (Lipinski definition) is 0. The van der Waals surface area contributed by atoms with Gasteiger partial charge in [0.05, 0.1) is 39.0 Å². The molecule has 2 aliphatic rings. The number of ether oxygens (including phenoxy) is 3. The van der Waals surface area contributed by atoms with Gasteiger partial charge < -0.3 is 24.0 Å². The Balaban J connectivity index is 1.49. The summed E-state index contributed by atoms with van der Waals surface area (Å²) in [6, 6.07) is 21.1. The van der Waals surface area contributed by atoms with Gasteiger partial charge in [0.25, 0.3) is 0 Å². The first-order valence-electron chi connectivity index (χ1n) is 12.1. The number of hydrogen-bond acceptors (Lipinski definition) is 5. The first-order valence-corrected chi connectivity index (χ1v) is 12.1. The first-order chi connectivity index (χ1) is 17.5. The molecule has 3 aromatic carbocycles. The van der Waals surface area contributed by atoms with E-state index in [1.807, 2.05) is 71.6 Å². The summed E-state index contributed by atoms with van der Waals surface area (Å²) in [7, 11) is 4.83. The van der Waals surface area contributed by atoms with Crippen LogP contribution in [0.25, 0.3) is 0 Å². The number of benzene rings is 3. The summed E-state index contributed by atoms with van der Waals surface area (Å²) in [4.78, 5) is 30.6. The molecule has 7 nitrogen and oxygen atoms in total. The second-order valence-electron chi connectivity index (χ2n) is 9.08. The monoisotopic (exact) mass is 486 g/mol. The van der Waals surface area contributed by atoms with Crippen LogP contribution >= 0.6 is 0 Å². The molecule has 2 aliphatic heterocycles. The van der Waals surface area contributed by atoms with Crippen molar-refractivity contribution in [2.45, 2.75) is 18.9 Å². The summed E-state index contributed by atoms with van der Waals surface area (Å²) in [6.45, 7) is 0.884. The lowest BCUT2D eigenvalue weighted by molar-refractivity contribution is -0.137. The molecule has 36 heavy (non-hydrogen) atoms. The van der Waals surface area contributed by atoms with Crippen molar-refractivity contribution < 1.29 is 23.8 Å². The molecule has 0 radical (unpaired) electrons. The van der Waals surface area contributed by atoms with Crippen LogP contribution in [0.2, 0.25) is 0 Å². The maximum Gasteiger partial charge on any atom is 0.228 e. The predicted molar refractivity (Wildman–Crippen MR) is 137 cm³/mol. The topological polar surface area (TPSA) is 68.3 Å². The van der Waals surface area contributed by atoms with Crippen molar-refractivity contribution in [2.24, 2.45) is 5.92 Å². The van der Waals surface area contributed by atoms with Crippen LogP contribution in [0.15, 0.2) is 66.7 Å². The largest absolute Gasteiger partial charge is 0.495 e. The molecule has 0 spiro atoms. The van der Waals surface area contributed by atoms with Crippen molar-refractivity contribution in [3.8, 4) is 17.2 Å². The number of fused-ring (bicyclic) bond motifs is 1. The Morgan fingerprint density at radius 2 is 1.53 bits per heavy atom. The fourth-order valence-corrected chi connectivity index (χ4v) is 5.37. The van der Waals surface area contributed by atoms with Gasteiger partial charge in [-0.15, -0.1) is 0 Å². The normalized spacial score (nSPS) is 19.1. The Morgan fingerprint density at radius 1 is 0.861 bits per heavy atom. The van der Waals surface area contributed by atoms with Crippen molar-refractivity contribution in [1.82, 2.24) is 4.90 Å². The van der Waals surface area contributed by atoms with Crippen LogP contribution in [0.4, 0.5) is 5.69 Å². The second-order valence-corrected chi connectivity index (χ2v) is 9.08. The van der Waals surface area contributed by atoms with E-state index < -0.39 is 5.92 Å². The van der Waals surface area contributed by atoms with E-state index in [2.05, 4.69) is 0 Å². The molecule has 0 aliphatic carbocycles. The first kappa shape index (κ1) is 23.7. The zero-order valence-corrected chi connectivity index (χ0v) is 20.8. The molecule has 1 fully saturated rings. The minimum absolute atomic E-state index is 0.0185. The molecule has 0 N–H and O–H groups in total. The molecule has 2 amide bonds. The maximum absolute atomic E-state index is 14.0. The second kappa shape index (κ2) is 9.93. The van der Waals surface area contributed by atoms with Crippen LogP contribution in [0.3, 0.4) is 0 Å². The van der Waals surface area contributed by atoms with Gasteiger partial charge in [0.1, 0.15) is 5.75 Å². The standard InChI is InChI=1S/C29H30N2O5/c1-34-24-12-8-7-11-23(24)31-18-21(16-27(31)32)29(33)30-14-13-20-15-25(35-2)26(36-3)17-22(20)28(30)19-9-5-4-6-10-19/h4-12,15,17,21,28H,13-14,16,18H2,1-3H3/t21-,28+/m1/s1. The number of para-hydroxylation sites is 2. The lowest BCUT2D eigenvalue weighted by Gasteiger charge is -2.39. The molecule has 2 heterocycles. The number of nitrogens with zero attached hydrogens (tertiary/aromatic N) is 2. The average molecular weight is 487 g/mol. The van der Waals surface area contributed by atoms with E-state index in [4.69, 9.17) is 14.2 Å². The van der Waals surface area contributed by atoms with Crippen LogP contribution in [0.1, 0.15) is 29.2 Å². The van der Waals surface area contributed by atoms with Crippen LogP contribution in [0.5, 0.6) is 17.2 Å². The van der Waals surface area contributed by atoms with E-state index in [1.165, 1.54) is 0 Å². The summed E-state index contributed by atoms with van der Waals surface area (Å²) >= 11 is 0. The Morgan fingerprint density at radius 3 is 2.25 bits per heavy atom. The minimum Gasteiger partial charge on any atom is -0.495 e. The van der Waals surface area contributed by atoms with E-state index >= 15 is 0 Å². The van der Waals surface area contributed by atoms with Crippen LogP contribution in [-0.2, 0) is 16.0 Å². The lowest BCUT2D eigenvalue weighted by Crippen LogP contribution is -2.44. The maximum atomic E-state index is 14.0. The van der Waals surface area contributed by atoms with Crippen LogP contribution < -0.4 is 19.1 Å². The molecule has 2 atom stereocenters. The zero-order chi connectivity index (χ0) is 25.2. The van der Waals surface area contributed by atoms with Gasteiger partial charge in [0.2, 0.25) is 11.8 Å². The summed E-state index contributed by atoms with van der Waals surface area (Å²) in [5, 5.41) is 0. The quantitative estimate of drug-likeness (QED) is 0.521. The van der Waals surface area contributed by atoms with Crippen LogP contribution in [-0.4, -0.2) is 51.1 Å². The zero-order valence-electron chi connectivity index (χ0n) is 20.8. The predicted octanol–water partition coefficient (Wildman–Crippen LogP) is 4.24. The third-order valence-corrected chi connectivity index (χ3v) is 7.12. The smallest absolute Gasteiger partial charge is 0.228 e. The van der Waals surface area contributed by atoms with E-state index in [0.29, 0.717) is 42.4 Å². The van der Waals surface area contributed by atoms with Gasteiger partial charge in [0, 0.05) is 19.5 Å². The highest BCUT2D eigenvalue weighted by molar-refractivity contribution is 6.01. The van der Waals surface area contributed by atoms with Crippen molar-refractivity contribution in [3.63, 3.8) is 0 Å². The van der Waals surface area contributed by atoms with Gasteiger partial charge in [-0.25, -0.2) is 0 Å². The van der Waals surface area contributed by atoms with Gasteiger partial charge in [-0.3, -0.25) is 9.59 Å². The summed E-state index contributed by atoms with van der Waals surface area (Å²) in [5.74, 6) is 1.40. The van der Waals surface area contributed by atoms with Gasteiger partial charge in [-0.2, -0.15) is 0 Å². The van der Waals surface area contributed by atoms with Gasteiger partial charge >= 0.3 is 0 Å². The number of amides is 2. The Bertz CT molecular complexity index is 1280. The van der Waals surface area contributed by atoms with Gasteiger partial charge in [-0.1, -0.05) is 42.5 Å². The Labute approximate surface area is 211 Å². The molecule has 0 saturated carbocycles. The fourth-order valence-electron chi connectivity index (χ4n) is 5.37. The highest BCUT2D eigenvalue weighted by atomic mass is 16.5. The molecule has 186 valence electrons. The number of methoxy groups -OCH3 is 3. The molecular formula is C29H30N2O5. The van der Waals surface area contributed by atoms with Crippen LogP contribution in [0, 0.1) is 5.92 Å². The van der Waals surface area contributed by atoms with E-state index in [1.54, 1.807) is 26.2 Å². The molecule has 7 heteroatoms. The van der Waals surface area contributed by atoms with Gasteiger partial charge in [-0.05, 0) is 47.4 Å². The third-order valence-electron chi connectivity index (χ3n) is 7.12. The summed E-state index contributed by atoms with van der Waals surface area (Å²) < 4.78 is 16.6. The fraction of sp³-hybridized carbons (Fsp3) is 0.310. The van der Waals surface area contributed by atoms with Crippen molar-refractivity contribution >= 4 is 17.5 Å². The number of carbonyl (C=O) groups is 2. The highest BCUT2D eigenvalue weighted by Crippen LogP contribution is 2.42. The molecule has 0 unspecified atom stereocenters. The number of anilines is 1. The van der Waals surface area contributed by atoms with E-state index in [-0.39, 0.29) is 24.3 Å². The molecule has 1 saturated heterocycles. The number of rotatable bonds is 6. The average Bonchev–Trinajstić information content (AvgIpc) is 3.32. The highest BCUT2D eigenvalue weighted by Gasteiger charge is 2.42. The Kier molecular flexibility index (Phi) is 6.55. The minimum atomic E-state index is -0.435. The summed E-state index contributed by atoms with van der Waals surface area (Å²) in [5.41, 5.74) is 3.86. The van der Waals surface area contributed by atoms with Crippen molar-refractivity contribution in [2.75, 3.05) is 39.3 Å². The SMILES string of the molecule is COc1cc2c(cc1OC)[C@H](c1ccccc1)N(C(=O)[C@@H]1CC(=O)N(c3ccccc3OC)C1)CC2. The van der Waals surface area contributed by atoms with Gasteiger partial charge in [0.15, 0.2) is 11.5 Å². The lowest BCUT2D eigenvalue weighted by atomic mass is 9.86. The molecular weight excluding hydrogens is 456 g/mol. The van der Waals surface area contributed by atoms with Crippen molar-refractivity contribution in [3.05, 3.63) is 83.4 Å². The summed E-state index contributed by atoms with van der Waals surface area (Å²) in [6.07, 6.45) is 0.870.